The number of carbonyl (C=O) groups excluding carboxylic acids is 1. The van der Waals surface area contributed by atoms with E-state index in [1.807, 2.05) is 0 Å². The summed E-state index contributed by atoms with van der Waals surface area (Å²) in [4.78, 5) is 11.0. The van der Waals surface area contributed by atoms with Gasteiger partial charge >= 0.3 is 12.3 Å². The molecule has 0 heterocycles. The normalized spacial score (nSPS) is 12.0. The fourth-order valence-electron chi connectivity index (χ4n) is 0.975. The van der Waals surface area contributed by atoms with Crippen LogP contribution in [0.25, 0.3) is 0 Å². The summed E-state index contributed by atoms with van der Waals surface area (Å²) in [6.07, 6.45) is -4.21. The summed E-state index contributed by atoms with van der Waals surface area (Å²) in [6.45, 7) is 0. The van der Waals surface area contributed by atoms with Crippen LogP contribution in [0.2, 0.25) is 5.02 Å². The smallest absolute Gasteiger partial charge is 0.287 e. The maximum atomic E-state index is 13.2. The maximum absolute atomic E-state index is 13.2. The Labute approximate surface area is 106 Å². The predicted octanol–water partition coefficient (Wildman–Crippen LogP) is 4.32. The van der Waals surface area contributed by atoms with Crippen LogP contribution in [0.5, 0.6) is 0 Å². The van der Waals surface area contributed by atoms with Crippen LogP contribution >= 0.6 is 27.5 Å². The Morgan fingerprint density at radius 3 is 2.35 bits per heavy atom. The van der Waals surface area contributed by atoms with Gasteiger partial charge in [-0.05, 0) is 28.1 Å². The third-order valence-corrected chi connectivity index (χ3v) is 3.03. The lowest BCUT2D eigenvalue weighted by Crippen LogP contribution is -2.37. The second-order valence-electron chi connectivity index (χ2n) is 3.00. The molecule has 0 aliphatic rings. The number of alkyl halides is 4. The Hall–Kier alpha value is -0.690. The zero-order chi connectivity index (χ0) is 13.4. The lowest BCUT2D eigenvalue weighted by Gasteiger charge is -2.14. The molecule has 17 heavy (non-hydrogen) atoms. The van der Waals surface area contributed by atoms with E-state index in [0.717, 1.165) is 0 Å². The average molecular weight is 337 g/mol. The fraction of sp³-hybridized carbons (Fsp3) is 0.222. The zero-order valence-corrected chi connectivity index (χ0v) is 10.1. The van der Waals surface area contributed by atoms with Crippen molar-refractivity contribution in [2.24, 2.45) is 0 Å². The summed E-state index contributed by atoms with van der Waals surface area (Å²) in [6, 6.07) is 1.22. The first kappa shape index (κ1) is 14.4. The van der Waals surface area contributed by atoms with Crippen molar-refractivity contribution in [2.45, 2.75) is 12.3 Å². The number of hydrogen-bond acceptors (Lipinski definition) is 1. The summed E-state index contributed by atoms with van der Waals surface area (Å²) in [5.74, 6) is -8.61. The van der Waals surface area contributed by atoms with Gasteiger partial charge < -0.3 is 0 Å². The van der Waals surface area contributed by atoms with E-state index in [1.165, 1.54) is 0 Å². The number of benzene rings is 1. The van der Waals surface area contributed by atoms with Crippen molar-refractivity contribution in [1.82, 2.24) is 0 Å². The summed E-state index contributed by atoms with van der Waals surface area (Å²) in [7, 11) is 0. The summed E-state index contributed by atoms with van der Waals surface area (Å²) in [5, 5.41) is -0.236. The van der Waals surface area contributed by atoms with Crippen LogP contribution in [-0.2, 0) is 0 Å². The molecule has 0 saturated carbocycles. The SMILES string of the molecule is O=C(c1cc(Cl)c(Br)cc1F)C(F)(F)C(F)F. The molecule has 1 aromatic rings. The molecule has 1 rings (SSSR count). The predicted molar refractivity (Wildman–Crippen MR) is 54.4 cm³/mol. The van der Waals surface area contributed by atoms with E-state index in [0.29, 0.717) is 12.1 Å². The van der Waals surface area contributed by atoms with E-state index < -0.39 is 29.5 Å². The van der Waals surface area contributed by atoms with Crippen molar-refractivity contribution >= 4 is 33.3 Å². The van der Waals surface area contributed by atoms with Crippen LogP contribution in [0.1, 0.15) is 10.4 Å². The molecule has 0 fully saturated rings. The van der Waals surface area contributed by atoms with Gasteiger partial charge in [-0.25, -0.2) is 13.2 Å². The fourth-order valence-corrected chi connectivity index (χ4v) is 1.45. The lowest BCUT2D eigenvalue weighted by atomic mass is 10.1. The number of rotatable bonds is 3. The van der Waals surface area contributed by atoms with E-state index in [2.05, 4.69) is 15.9 Å². The zero-order valence-electron chi connectivity index (χ0n) is 7.79. The lowest BCUT2D eigenvalue weighted by molar-refractivity contribution is -0.0959. The van der Waals surface area contributed by atoms with Gasteiger partial charge in [-0.2, -0.15) is 8.78 Å². The Bertz CT molecular complexity index is 463. The molecule has 0 aromatic heterocycles. The molecule has 0 atom stereocenters. The van der Waals surface area contributed by atoms with E-state index in [9.17, 15) is 26.7 Å². The van der Waals surface area contributed by atoms with E-state index in [1.54, 1.807) is 0 Å². The topological polar surface area (TPSA) is 17.1 Å². The number of carbonyl (C=O) groups is 1. The second-order valence-corrected chi connectivity index (χ2v) is 4.26. The Balaban J connectivity index is 3.27. The van der Waals surface area contributed by atoms with Crippen LogP contribution in [-0.4, -0.2) is 18.1 Å². The first-order valence-electron chi connectivity index (χ1n) is 4.03. The van der Waals surface area contributed by atoms with Crippen molar-refractivity contribution in [2.75, 3.05) is 0 Å². The molecule has 0 radical (unpaired) electrons. The van der Waals surface area contributed by atoms with Crippen molar-refractivity contribution in [3.63, 3.8) is 0 Å². The van der Waals surface area contributed by atoms with Gasteiger partial charge in [0.15, 0.2) is 0 Å². The van der Waals surface area contributed by atoms with Gasteiger partial charge in [0.05, 0.1) is 10.6 Å². The highest BCUT2D eigenvalue weighted by atomic mass is 79.9. The van der Waals surface area contributed by atoms with Crippen molar-refractivity contribution < 1.29 is 26.7 Å². The Morgan fingerprint density at radius 2 is 1.88 bits per heavy atom. The quantitative estimate of drug-likeness (QED) is 0.456. The maximum Gasteiger partial charge on any atom is 0.368 e. The van der Waals surface area contributed by atoms with E-state index in [-0.39, 0.29) is 9.50 Å². The molecule has 1 nitrogen and oxygen atoms in total. The highest BCUT2D eigenvalue weighted by Crippen LogP contribution is 2.32. The highest BCUT2D eigenvalue weighted by molar-refractivity contribution is 9.10. The van der Waals surface area contributed by atoms with Crippen molar-refractivity contribution in [3.05, 3.63) is 33.0 Å². The largest absolute Gasteiger partial charge is 0.368 e. The van der Waals surface area contributed by atoms with Gasteiger partial charge in [-0.1, -0.05) is 11.6 Å². The van der Waals surface area contributed by atoms with Crippen LogP contribution < -0.4 is 0 Å². The Kier molecular flexibility index (Phi) is 4.14. The molecule has 0 spiro atoms. The van der Waals surface area contributed by atoms with Crippen LogP contribution in [0.4, 0.5) is 22.0 Å². The van der Waals surface area contributed by atoms with Crippen molar-refractivity contribution in [1.29, 1.82) is 0 Å². The average Bonchev–Trinajstić information content (AvgIpc) is 2.22. The summed E-state index contributed by atoms with van der Waals surface area (Å²) in [5.41, 5.74) is -1.18. The first-order chi connectivity index (χ1) is 7.67. The monoisotopic (exact) mass is 336 g/mol. The van der Waals surface area contributed by atoms with Gasteiger partial charge in [0.25, 0.3) is 0 Å². The standard InChI is InChI=1S/C9H3BrClF5O/c10-4-2-6(12)3(1-5(4)11)7(17)9(15,16)8(13)14/h1-2,8H. The molecule has 8 heteroatoms. The van der Waals surface area contributed by atoms with Gasteiger partial charge in [-0.3, -0.25) is 4.79 Å². The van der Waals surface area contributed by atoms with Gasteiger partial charge in [0.2, 0.25) is 5.78 Å². The molecular formula is C9H3BrClF5O. The van der Waals surface area contributed by atoms with Gasteiger partial charge in [0.1, 0.15) is 5.82 Å². The van der Waals surface area contributed by atoms with E-state index in [4.69, 9.17) is 11.6 Å². The summed E-state index contributed by atoms with van der Waals surface area (Å²) >= 11 is 8.25. The molecule has 0 bridgehead atoms. The Morgan fingerprint density at radius 1 is 1.35 bits per heavy atom. The molecule has 1 aromatic carbocycles. The third kappa shape index (κ3) is 2.77. The van der Waals surface area contributed by atoms with Crippen LogP contribution in [0.3, 0.4) is 0 Å². The van der Waals surface area contributed by atoms with Gasteiger partial charge in [-0.15, -0.1) is 0 Å². The highest BCUT2D eigenvalue weighted by Gasteiger charge is 2.49. The molecule has 0 N–H and O–H groups in total. The third-order valence-electron chi connectivity index (χ3n) is 1.83. The minimum Gasteiger partial charge on any atom is -0.287 e. The van der Waals surface area contributed by atoms with Crippen molar-refractivity contribution in [3.8, 4) is 0 Å². The number of Topliss-reactive ketones (excluding diaryl/α,β-unsaturated/α-hetero) is 1. The molecule has 0 unspecified atom stereocenters. The van der Waals surface area contributed by atoms with Gasteiger partial charge in [0, 0.05) is 4.47 Å². The van der Waals surface area contributed by atoms with Crippen LogP contribution in [0, 0.1) is 5.82 Å². The summed E-state index contributed by atoms with van der Waals surface area (Å²) < 4.78 is 62.5. The second kappa shape index (κ2) is 4.89. The minimum absolute atomic E-state index is 0.0218. The number of hydrogen-bond donors (Lipinski definition) is 0. The number of halogens is 7. The minimum atomic E-state index is -4.95. The molecule has 0 aliphatic carbocycles. The van der Waals surface area contributed by atoms with Crippen LogP contribution in [0.15, 0.2) is 16.6 Å². The molecular weight excluding hydrogens is 334 g/mol. The molecule has 0 aliphatic heterocycles. The number of ketones is 1. The molecule has 0 amide bonds. The van der Waals surface area contributed by atoms with E-state index >= 15 is 0 Å². The molecule has 0 saturated heterocycles. The first-order valence-corrected chi connectivity index (χ1v) is 5.20. The molecule has 94 valence electrons.